The van der Waals surface area contributed by atoms with Gasteiger partial charge in [0.05, 0.1) is 19.9 Å². The first-order valence-electron chi connectivity index (χ1n) is 9.45. The van der Waals surface area contributed by atoms with Crippen molar-refractivity contribution in [2.45, 2.75) is 39.3 Å². The van der Waals surface area contributed by atoms with Gasteiger partial charge in [-0.2, -0.15) is 0 Å². The molecule has 2 aliphatic rings. The van der Waals surface area contributed by atoms with Gasteiger partial charge >= 0.3 is 0 Å². The molecule has 2 aromatic rings. The lowest BCUT2D eigenvalue weighted by Crippen LogP contribution is -2.47. The van der Waals surface area contributed by atoms with Gasteiger partial charge in [0.2, 0.25) is 0 Å². The number of methoxy groups -OCH3 is 1. The average Bonchev–Trinajstić information content (AvgIpc) is 3.30. The van der Waals surface area contributed by atoms with Crippen LogP contribution < -0.4 is 9.64 Å². The van der Waals surface area contributed by atoms with E-state index in [0.29, 0.717) is 12.2 Å². The lowest BCUT2D eigenvalue weighted by atomic mass is 10.1. The number of aryl methyl sites for hydroxylation is 1. The zero-order chi connectivity index (χ0) is 19.0. The van der Waals surface area contributed by atoms with Crippen molar-refractivity contribution in [2.24, 2.45) is 0 Å². The Hall–Kier alpha value is -1.89. The number of nitrogens with zero attached hydrogens (tertiary/aromatic N) is 2. The molecule has 1 aromatic heterocycles. The Balaban J connectivity index is 1.62. The molecule has 0 saturated carbocycles. The van der Waals surface area contributed by atoms with Crippen LogP contribution >= 0.6 is 11.3 Å². The Morgan fingerprint density at radius 2 is 2.07 bits per heavy atom. The highest BCUT2D eigenvalue weighted by Crippen LogP contribution is 2.40. The van der Waals surface area contributed by atoms with E-state index >= 15 is 0 Å². The summed E-state index contributed by atoms with van der Waals surface area (Å²) in [6, 6.07) is 7.36. The van der Waals surface area contributed by atoms with E-state index in [-0.39, 0.29) is 12.0 Å². The molecular formula is C21H26N2O3S. The van der Waals surface area contributed by atoms with Gasteiger partial charge in [0, 0.05) is 35.7 Å². The first kappa shape index (κ1) is 18.5. The van der Waals surface area contributed by atoms with Crippen LogP contribution in [0, 0.1) is 13.8 Å². The highest BCUT2D eigenvalue weighted by Gasteiger charge is 2.32. The molecule has 144 valence electrons. The molecule has 0 N–H and O–H groups in total. The number of benzene rings is 1. The number of hydrogen-bond acceptors (Lipinski definition) is 5. The number of hydrogen-bond donors (Lipinski definition) is 0. The number of carbonyl (C=O) groups is 1. The Kier molecular flexibility index (Phi) is 5.21. The Morgan fingerprint density at radius 1 is 1.30 bits per heavy atom. The summed E-state index contributed by atoms with van der Waals surface area (Å²) in [5, 5.41) is 1.09. The molecule has 1 aromatic carbocycles. The highest BCUT2D eigenvalue weighted by molar-refractivity contribution is 7.16. The maximum absolute atomic E-state index is 13.3. The summed E-state index contributed by atoms with van der Waals surface area (Å²) >= 11 is 1.72. The minimum Gasteiger partial charge on any atom is -0.497 e. The third kappa shape index (κ3) is 3.61. The van der Waals surface area contributed by atoms with Gasteiger partial charge in [-0.05, 0) is 56.5 Å². The van der Waals surface area contributed by atoms with Gasteiger partial charge in [0.15, 0.2) is 0 Å². The lowest BCUT2D eigenvalue weighted by Gasteiger charge is -2.36. The van der Waals surface area contributed by atoms with Crippen molar-refractivity contribution >= 4 is 22.2 Å². The van der Waals surface area contributed by atoms with E-state index in [0.717, 1.165) is 43.3 Å². The van der Waals surface area contributed by atoms with E-state index in [2.05, 4.69) is 18.7 Å². The predicted octanol–water partition coefficient (Wildman–Crippen LogP) is 3.97. The maximum Gasteiger partial charge on any atom is 0.260 e. The fourth-order valence-electron chi connectivity index (χ4n) is 3.84. The van der Waals surface area contributed by atoms with Crippen LogP contribution in [-0.4, -0.2) is 43.8 Å². The molecular weight excluding hydrogens is 360 g/mol. The van der Waals surface area contributed by atoms with Crippen molar-refractivity contribution in [1.82, 2.24) is 4.90 Å². The number of carbonyl (C=O) groups excluding carboxylic acids is 1. The molecule has 1 fully saturated rings. The Bertz CT molecular complexity index is 825. The van der Waals surface area contributed by atoms with Crippen LogP contribution in [0.5, 0.6) is 5.75 Å². The molecule has 0 aliphatic carbocycles. The van der Waals surface area contributed by atoms with Crippen LogP contribution in [0.4, 0.5) is 5.00 Å². The van der Waals surface area contributed by atoms with E-state index < -0.39 is 0 Å². The van der Waals surface area contributed by atoms with Crippen LogP contribution in [0.3, 0.4) is 0 Å². The normalized spacial score (nSPS) is 20.0. The van der Waals surface area contributed by atoms with E-state index in [1.165, 1.54) is 16.0 Å². The van der Waals surface area contributed by atoms with Crippen molar-refractivity contribution in [2.75, 3.05) is 31.8 Å². The Morgan fingerprint density at radius 3 is 2.74 bits per heavy atom. The summed E-state index contributed by atoms with van der Waals surface area (Å²) in [4.78, 5) is 18.9. The van der Waals surface area contributed by atoms with Gasteiger partial charge in [-0.15, -0.1) is 11.3 Å². The predicted molar refractivity (Wildman–Crippen MR) is 108 cm³/mol. The van der Waals surface area contributed by atoms with Crippen molar-refractivity contribution in [3.05, 3.63) is 45.8 Å². The molecule has 1 atom stereocenters. The van der Waals surface area contributed by atoms with Gasteiger partial charge in [-0.1, -0.05) is 0 Å². The molecule has 6 heteroatoms. The number of ether oxygens (including phenoxy) is 2. The molecule has 1 saturated heterocycles. The molecule has 3 heterocycles. The van der Waals surface area contributed by atoms with Gasteiger partial charge in [0.1, 0.15) is 10.8 Å². The zero-order valence-corrected chi connectivity index (χ0v) is 17.0. The quantitative estimate of drug-likeness (QED) is 0.797. The third-order valence-electron chi connectivity index (χ3n) is 5.52. The molecule has 0 spiro atoms. The summed E-state index contributed by atoms with van der Waals surface area (Å²) < 4.78 is 11.0. The summed E-state index contributed by atoms with van der Waals surface area (Å²) in [7, 11) is 1.63. The van der Waals surface area contributed by atoms with E-state index in [4.69, 9.17) is 9.47 Å². The number of thiophene rings is 1. The fourth-order valence-corrected chi connectivity index (χ4v) is 5.00. The fraction of sp³-hybridized carbons (Fsp3) is 0.476. The molecule has 0 bridgehead atoms. The second-order valence-corrected chi connectivity index (χ2v) is 8.52. The van der Waals surface area contributed by atoms with Crippen molar-refractivity contribution < 1.29 is 14.3 Å². The average molecular weight is 387 g/mol. The van der Waals surface area contributed by atoms with Crippen molar-refractivity contribution in [3.8, 4) is 5.75 Å². The molecule has 5 nitrogen and oxygen atoms in total. The number of fused-ring (bicyclic) bond motifs is 1. The summed E-state index contributed by atoms with van der Waals surface area (Å²) in [6.07, 6.45) is 2.52. The van der Waals surface area contributed by atoms with Crippen molar-refractivity contribution in [1.29, 1.82) is 0 Å². The van der Waals surface area contributed by atoms with Gasteiger partial charge < -0.3 is 9.47 Å². The van der Waals surface area contributed by atoms with Crippen molar-refractivity contribution in [3.63, 3.8) is 0 Å². The maximum atomic E-state index is 13.3. The van der Waals surface area contributed by atoms with Crippen LogP contribution in [0.25, 0.3) is 0 Å². The summed E-state index contributed by atoms with van der Waals surface area (Å²) in [6.45, 7) is 7.53. The summed E-state index contributed by atoms with van der Waals surface area (Å²) in [5.74, 6) is 0.797. The number of rotatable bonds is 4. The smallest absolute Gasteiger partial charge is 0.260 e. The van der Waals surface area contributed by atoms with Crippen LogP contribution in [0.1, 0.15) is 39.2 Å². The SMILES string of the molecule is COc1ccc(C(=O)N2CN(C[C@@H]3CCCO3)Cc3c2sc(C)c3C)cc1. The molecule has 0 radical (unpaired) electrons. The Labute approximate surface area is 164 Å². The first-order chi connectivity index (χ1) is 13.1. The van der Waals surface area contributed by atoms with Crippen LogP contribution in [0.2, 0.25) is 0 Å². The number of anilines is 1. The lowest BCUT2D eigenvalue weighted by molar-refractivity contribution is 0.0663. The third-order valence-corrected chi connectivity index (χ3v) is 6.80. The zero-order valence-electron chi connectivity index (χ0n) is 16.2. The standard InChI is InChI=1S/C21H26N2O3S/c1-14-15(2)27-21-19(14)12-22(11-18-5-4-10-26-18)13-23(21)20(24)16-6-8-17(25-3)9-7-16/h6-9,18H,4-5,10-13H2,1-3H3/t18-/m0/s1. The molecule has 2 aliphatic heterocycles. The molecule has 4 rings (SSSR count). The van der Waals surface area contributed by atoms with Gasteiger partial charge in [0.25, 0.3) is 5.91 Å². The van der Waals surface area contributed by atoms with E-state index in [9.17, 15) is 4.79 Å². The minimum absolute atomic E-state index is 0.0391. The van der Waals surface area contributed by atoms with Crippen LogP contribution in [0.15, 0.2) is 24.3 Å². The highest BCUT2D eigenvalue weighted by atomic mass is 32.1. The monoisotopic (exact) mass is 386 g/mol. The minimum atomic E-state index is 0.0391. The number of amides is 1. The second kappa shape index (κ2) is 7.62. The first-order valence-corrected chi connectivity index (χ1v) is 10.3. The summed E-state index contributed by atoms with van der Waals surface area (Å²) in [5.41, 5.74) is 3.27. The van der Waals surface area contributed by atoms with Gasteiger partial charge in [-0.3, -0.25) is 14.6 Å². The molecule has 27 heavy (non-hydrogen) atoms. The second-order valence-electron chi connectivity index (χ2n) is 7.32. The molecule has 1 amide bonds. The van der Waals surface area contributed by atoms with Gasteiger partial charge in [-0.25, -0.2) is 0 Å². The van der Waals surface area contributed by atoms with Crippen LogP contribution in [-0.2, 0) is 11.3 Å². The topological polar surface area (TPSA) is 42.0 Å². The molecule has 0 unspecified atom stereocenters. The van der Waals surface area contributed by atoms with E-state index in [1.807, 2.05) is 29.2 Å². The van der Waals surface area contributed by atoms with E-state index in [1.54, 1.807) is 18.4 Å². The largest absolute Gasteiger partial charge is 0.497 e.